The van der Waals surface area contributed by atoms with Crippen molar-refractivity contribution in [1.29, 1.82) is 0 Å². The van der Waals surface area contributed by atoms with E-state index in [2.05, 4.69) is 10.3 Å². The van der Waals surface area contributed by atoms with Crippen LogP contribution >= 0.6 is 0 Å². The average molecular weight is 366 g/mol. The molecule has 0 saturated heterocycles. The van der Waals surface area contributed by atoms with E-state index in [9.17, 15) is 9.18 Å². The predicted octanol–water partition coefficient (Wildman–Crippen LogP) is 3.04. The van der Waals surface area contributed by atoms with Gasteiger partial charge >= 0.3 is 0 Å². The van der Waals surface area contributed by atoms with Gasteiger partial charge in [0.2, 0.25) is 5.91 Å². The topological polar surface area (TPSA) is 64.2 Å². The summed E-state index contributed by atoms with van der Waals surface area (Å²) in [6, 6.07) is 8.38. The Labute approximate surface area is 155 Å². The van der Waals surface area contributed by atoms with Crippen molar-refractivity contribution in [2.24, 2.45) is 5.41 Å². The van der Waals surface area contributed by atoms with Gasteiger partial charge in [0.15, 0.2) is 0 Å². The van der Waals surface area contributed by atoms with Crippen LogP contribution < -0.4 is 0 Å². The highest BCUT2D eigenvalue weighted by molar-refractivity contribution is 5.85. The minimum Gasteiger partial charge on any atom is -0.360 e. The number of amides is 1. The molecule has 1 aliphatic heterocycles. The van der Waals surface area contributed by atoms with Crippen molar-refractivity contribution in [2.75, 3.05) is 6.54 Å². The van der Waals surface area contributed by atoms with Crippen LogP contribution in [0.2, 0.25) is 0 Å². The third kappa shape index (κ3) is 2.74. The number of benzene rings is 1. The number of carbonyl (C=O) groups excluding carboxylic acids is 1. The quantitative estimate of drug-likeness (QED) is 0.712. The lowest BCUT2D eigenvalue weighted by Gasteiger charge is -2.30. The molecule has 1 saturated carbocycles. The minimum absolute atomic E-state index is 0.143. The van der Waals surface area contributed by atoms with Gasteiger partial charge in [-0.2, -0.15) is 5.10 Å². The molecular weight excluding hydrogens is 347 g/mol. The van der Waals surface area contributed by atoms with Crippen LogP contribution in [0.3, 0.4) is 0 Å². The molecule has 6 nitrogen and oxygen atoms in total. The fourth-order valence-corrected chi connectivity index (χ4v) is 3.88. The normalized spacial score (nSPS) is 17.6. The smallest absolute Gasteiger partial charge is 0.230 e. The van der Waals surface area contributed by atoms with E-state index in [1.165, 1.54) is 6.07 Å². The van der Waals surface area contributed by atoms with Crippen LogP contribution in [0.5, 0.6) is 0 Å². The first-order valence-corrected chi connectivity index (χ1v) is 9.15. The van der Waals surface area contributed by atoms with Gasteiger partial charge in [0.25, 0.3) is 0 Å². The van der Waals surface area contributed by atoms with E-state index in [0.717, 1.165) is 24.2 Å². The zero-order valence-electron chi connectivity index (χ0n) is 14.8. The number of carbonyl (C=O) groups is 1. The van der Waals surface area contributed by atoms with Crippen LogP contribution in [0.4, 0.5) is 4.39 Å². The SMILES string of the molecule is O=C(N1CCc2onc(-c3ccccc3F)c2C1)C1(Cn2cccn2)CC1. The molecule has 5 rings (SSSR count). The summed E-state index contributed by atoms with van der Waals surface area (Å²) in [5, 5.41) is 8.33. The van der Waals surface area contributed by atoms with Gasteiger partial charge in [0.1, 0.15) is 17.3 Å². The summed E-state index contributed by atoms with van der Waals surface area (Å²) in [7, 11) is 0. The van der Waals surface area contributed by atoms with Crippen molar-refractivity contribution >= 4 is 5.91 Å². The first-order chi connectivity index (χ1) is 13.2. The molecule has 2 aliphatic rings. The molecule has 1 aromatic carbocycles. The minimum atomic E-state index is -0.362. The highest BCUT2D eigenvalue weighted by Gasteiger charge is 2.52. The Hall–Kier alpha value is -2.96. The fraction of sp³-hybridized carbons (Fsp3) is 0.350. The molecule has 2 aromatic heterocycles. The van der Waals surface area contributed by atoms with Gasteiger partial charge in [-0.3, -0.25) is 9.48 Å². The maximum absolute atomic E-state index is 14.2. The molecule has 0 atom stereocenters. The second-order valence-corrected chi connectivity index (χ2v) is 7.37. The van der Waals surface area contributed by atoms with E-state index in [-0.39, 0.29) is 17.1 Å². The summed E-state index contributed by atoms with van der Waals surface area (Å²) in [6.45, 7) is 1.60. The van der Waals surface area contributed by atoms with E-state index >= 15 is 0 Å². The van der Waals surface area contributed by atoms with Gasteiger partial charge < -0.3 is 9.42 Å². The molecule has 1 fully saturated rings. The first-order valence-electron chi connectivity index (χ1n) is 9.15. The molecule has 0 spiro atoms. The Morgan fingerprint density at radius 1 is 1.26 bits per heavy atom. The van der Waals surface area contributed by atoms with E-state index in [4.69, 9.17) is 4.52 Å². The molecule has 1 aliphatic carbocycles. The molecule has 3 heterocycles. The zero-order valence-corrected chi connectivity index (χ0v) is 14.8. The molecule has 0 bridgehead atoms. The second kappa shape index (κ2) is 6.04. The molecule has 7 heteroatoms. The van der Waals surface area contributed by atoms with Crippen LogP contribution in [0, 0.1) is 11.2 Å². The van der Waals surface area contributed by atoms with Crippen molar-refractivity contribution in [2.45, 2.75) is 32.4 Å². The zero-order chi connectivity index (χ0) is 18.4. The number of halogens is 1. The molecule has 0 unspecified atom stereocenters. The highest BCUT2D eigenvalue weighted by atomic mass is 19.1. The van der Waals surface area contributed by atoms with Crippen LogP contribution in [0.15, 0.2) is 47.2 Å². The maximum atomic E-state index is 14.2. The summed E-state index contributed by atoms with van der Waals surface area (Å²) in [4.78, 5) is 15.1. The molecule has 1 amide bonds. The number of hydrogen-bond donors (Lipinski definition) is 0. The average Bonchev–Trinajstić information content (AvgIpc) is 3.09. The summed E-state index contributed by atoms with van der Waals surface area (Å²) < 4.78 is 21.5. The van der Waals surface area contributed by atoms with Crippen molar-refractivity contribution in [1.82, 2.24) is 19.8 Å². The fourth-order valence-electron chi connectivity index (χ4n) is 3.88. The number of aromatic nitrogens is 3. The predicted molar refractivity (Wildman–Crippen MR) is 94.9 cm³/mol. The van der Waals surface area contributed by atoms with Crippen LogP contribution in [0.1, 0.15) is 24.2 Å². The standard InChI is InChI=1S/C20H19FN4O2/c21-16-5-2-1-4-14(16)18-15-12-24(11-6-17(15)27-23-18)19(26)20(7-8-20)13-25-10-3-9-22-25/h1-5,9-10H,6-8,11-13H2. The van der Waals surface area contributed by atoms with Crippen molar-refractivity contribution in [3.05, 3.63) is 59.9 Å². The Morgan fingerprint density at radius 2 is 2.11 bits per heavy atom. The molecule has 0 radical (unpaired) electrons. The van der Waals surface area contributed by atoms with Crippen LogP contribution in [0.25, 0.3) is 11.3 Å². The van der Waals surface area contributed by atoms with Gasteiger partial charge in [0, 0.05) is 36.5 Å². The van der Waals surface area contributed by atoms with Crippen molar-refractivity contribution in [3.8, 4) is 11.3 Å². The Morgan fingerprint density at radius 3 is 2.85 bits per heavy atom. The molecule has 3 aromatic rings. The van der Waals surface area contributed by atoms with E-state index in [0.29, 0.717) is 37.3 Å². The third-order valence-electron chi connectivity index (χ3n) is 5.57. The number of nitrogens with zero attached hydrogens (tertiary/aromatic N) is 4. The molecule has 138 valence electrons. The Bertz CT molecular complexity index is 991. The summed E-state index contributed by atoms with van der Waals surface area (Å²) in [5.74, 6) is 0.549. The largest absolute Gasteiger partial charge is 0.360 e. The third-order valence-corrected chi connectivity index (χ3v) is 5.57. The maximum Gasteiger partial charge on any atom is 0.230 e. The monoisotopic (exact) mass is 366 g/mol. The lowest BCUT2D eigenvalue weighted by atomic mass is 9.98. The molecular formula is C20H19FN4O2. The van der Waals surface area contributed by atoms with E-state index in [1.807, 2.05) is 21.8 Å². The van der Waals surface area contributed by atoms with Crippen LogP contribution in [-0.2, 0) is 24.3 Å². The summed E-state index contributed by atoms with van der Waals surface area (Å²) in [6.07, 6.45) is 5.96. The summed E-state index contributed by atoms with van der Waals surface area (Å²) in [5.41, 5.74) is 1.36. The van der Waals surface area contributed by atoms with Crippen molar-refractivity contribution < 1.29 is 13.7 Å². The van der Waals surface area contributed by atoms with E-state index < -0.39 is 0 Å². The lowest BCUT2D eigenvalue weighted by Crippen LogP contribution is -2.42. The molecule has 0 N–H and O–H groups in total. The first kappa shape index (κ1) is 16.2. The molecule has 27 heavy (non-hydrogen) atoms. The van der Waals surface area contributed by atoms with Gasteiger partial charge in [-0.15, -0.1) is 0 Å². The number of rotatable bonds is 4. The van der Waals surface area contributed by atoms with Crippen molar-refractivity contribution in [3.63, 3.8) is 0 Å². The van der Waals surface area contributed by atoms with Gasteiger partial charge in [-0.05, 0) is 31.0 Å². The lowest BCUT2D eigenvalue weighted by molar-refractivity contribution is -0.138. The van der Waals surface area contributed by atoms with Crippen LogP contribution in [-0.4, -0.2) is 32.3 Å². The highest BCUT2D eigenvalue weighted by Crippen LogP contribution is 2.49. The van der Waals surface area contributed by atoms with Gasteiger partial charge in [-0.25, -0.2) is 4.39 Å². The summed E-state index contributed by atoms with van der Waals surface area (Å²) >= 11 is 0. The second-order valence-electron chi connectivity index (χ2n) is 7.37. The number of fused-ring (bicyclic) bond motifs is 1. The number of hydrogen-bond acceptors (Lipinski definition) is 4. The Balaban J connectivity index is 1.41. The van der Waals surface area contributed by atoms with Gasteiger partial charge in [0.05, 0.1) is 18.5 Å². The van der Waals surface area contributed by atoms with E-state index in [1.54, 1.807) is 24.4 Å². The Kier molecular flexibility index (Phi) is 3.63. The van der Waals surface area contributed by atoms with Gasteiger partial charge in [-0.1, -0.05) is 17.3 Å².